The van der Waals surface area contributed by atoms with Crippen LogP contribution in [0.1, 0.15) is 20.3 Å². The molecule has 2 N–H and O–H groups in total. The number of nitrogens with zero attached hydrogens (tertiary/aromatic N) is 1. The Morgan fingerprint density at radius 2 is 2.38 bits per heavy atom. The van der Waals surface area contributed by atoms with Crippen LogP contribution >= 0.6 is 0 Å². The van der Waals surface area contributed by atoms with Gasteiger partial charge >= 0.3 is 6.03 Å². The van der Waals surface area contributed by atoms with Gasteiger partial charge in [0, 0.05) is 31.7 Å². The lowest BCUT2D eigenvalue weighted by Gasteiger charge is -2.18. The molecular formula is C9H18N2O2. The first kappa shape index (κ1) is 10.3. The Morgan fingerprint density at radius 1 is 1.69 bits per heavy atom. The Bertz CT molecular complexity index is 182. The largest absolute Gasteiger partial charge is 0.396 e. The summed E-state index contributed by atoms with van der Waals surface area (Å²) in [5.74, 6) is 0.276. The molecule has 4 heteroatoms. The summed E-state index contributed by atoms with van der Waals surface area (Å²) in [6.07, 6.45) is 0.919. The van der Waals surface area contributed by atoms with Crippen molar-refractivity contribution >= 4 is 6.03 Å². The van der Waals surface area contributed by atoms with E-state index in [9.17, 15) is 4.79 Å². The number of hydrogen-bond acceptors (Lipinski definition) is 2. The van der Waals surface area contributed by atoms with Crippen LogP contribution in [0, 0.1) is 5.92 Å². The first-order valence-electron chi connectivity index (χ1n) is 4.79. The van der Waals surface area contributed by atoms with E-state index in [0.717, 1.165) is 13.0 Å². The highest BCUT2D eigenvalue weighted by Gasteiger charge is 2.25. The van der Waals surface area contributed by atoms with E-state index < -0.39 is 0 Å². The Morgan fingerprint density at radius 3 is 2.85 bits per heavy atom. The van der Waals surface area contributed by atoms with Crippen molar-refractivity contribution in [1.82, 2.24) is 10.2 Å². The van der Waals surface area contributed by atoms with E-state index in [1.165, 1.54) is 0 Å². The first-order chi connectivity index (χ1) is 6.13. The molecule has 4 nitrogen and oxygen atoms in total. The molecule has 0 aromatic heterocycles. The SMILES string of the molecule is CC(C)NC(=O)N1CCC(CO)C1. The van der Waals surface area contributed by atoms with Crippen molar-refractivity contribution in [3.05, 3.63) is 0 Å². The standard InChI is InChI=1S/C9H18N2O2/c1-7(2)10-9(13)11-4-3-8(5-11)6-12/h7-8,12H,3-6H2,1-2H3,(H,10,13). The molecule has 1 saturated heterocycles. The number of carbonyl (C=O) groups is 1. The van der Waals surface area contributed by atoms with E-state index in [1.807, 2.05) is 13.8 Å². The number of rotatable bonds is 2. The predicted octanol–water partition coefficient (Wildman–Crippen LogP) is 0.419. The fourth-order valence-corrected chi connectivity index (χ4v) is 1.50. The molecule has 1 unspecified atom stereocenters. The third-order valence-electron chi connectivity index (χ3n) is 2.24. The van der Waals surface area contributed by atoms with Gasteiger partial charge in [0.2, 0.25) is 0 Å². The molecule has 76 valence electrons. The molecule has 2 amide bonds. The van der Waals surface area contributed by atoms with Crippen LogP contribution in [0.3, 0.4) is 0 Å². The lowest BCUT2D eigenvalue weighted by atomic mass is 10.1. The van der Waals surface area contributed by atoms with E-state index in [2.05, 4.69) is 5.32 Å². The zero-order valence-electron chi connectivity index (χ0n) is 8.29. The van der Waals surface area contributed by atoms with Gasteiger partial charge in [0.1, 0.15) is 0 Å². The van der Waals surface area contributed by atoms with Gasteiger partial charge in [-0.05, 0) is 20.3 Å². The van der Waals surface area contributed by atoms with Crippen LogP contribution in [0.25, 0.3) is 0 Å². The van der Waals surface area contributed by atoms with Crippen molar-refractivity contribution in [2.75, 3.05) is 19.7 Å². The molecule has 1 aliphatic rings. The smallest absolute Gasteiger partial charge is 0.317 e. The molecule has 0 aliphatic carbocycles. The third kappa shape index (κ3) is 2.88. The summed E-state index contributed by atoms with van der Waals surface area (Å²) >= 11 is 0. The van der Waals surface area contributed by atoms with Gasteiger partial charge in [-0.2, -0.15) is 0 Å². The third-order valence-corrected chi connectivity index (χ3v) is 2.24. The highest BCUT2D eigenvalue weighted by atomic mass is 16.3. The number of likely N-dealkylation sites (tertiary alicyclic amines) is 1. The van der Waals surface area contributed by atoms with E-state index in [1.54, 1.807) is 4.90 Å². The van der Waals surface area contributed by atoms with Crippen LogP contribution in [-0.4, -0.2) is 41.8 Å². The van der Waals surface area contributed by atoms with E-state index in [4.69, 9.17) is 5.11 Å². The molecule has 0 aromatic carbocycles. The molecule has 1 rings (SSSR count). The topological polar surface area (TPSA) is 52.6 Å². The Balaban J connectivity index is 2.33. The quantitative estimate of drug-likeness (QED) is 0.656. The fraction of sp³-hybridized carbons (Fsp3) is 0.889. The summed E-state index contributed by atoms with van der Waals surface area (Å²) < 4.78 is 0. The van der Waals surface area contributed by atoms with Gasteiger partial charge in [-0.25, -0.2) is 4.79 Å². The summed E-state index contributed by atoms with van der Waals surface area (Å²) in [5.41, 5.74) is 0. The number of aliphatic hydroxyl groups excluding tert-OH is 1. The molecule has 0 radical (unpaired) electrons. The van der Waals surface area contributed by atoms with Gasteiger partial charge in [0.05, 0.1) is 0 Å². The highest BCUT2D eigenvalue weighted by molar-refractivity contribution is 5.74. The van der Waals surface area contributed by atoms with Gasteiger partial charge < -0.3 is 15.3 Å². The maximum Gasteiger partial charge on any atom is 0.317 e. The molecule has 0 bridgehead atoms. The zero-order valence-corrected chi connectivity index (χ0v) is 8.29. The molecule has 0 aromatic rings. The second-order valence-corrected chi connectivity index (χ2v) is 3.89. The van der Waals surface area contributed by atoms with Crippen LogP contribution in [0.5, 0.6) is 0 Å². The van der Waals surface area contributed by atoms with Crippen molar-refractivity contribution in [3.8, 4) is 0 Å². The van der Waals surface area contributed by atoms with E-state index in [0.29, 0.717) is 6.54 Å². The van der Waals surface area contributed by atoms with Crippen molar-refractivity contribution in [3.63, 3.8) is 0 Å². The monoisotopic (exact) mass is 186 g/mol. The summed E-state index contributed by atoms with van der Waals surface area (Å²) in [4.78, 5) is 13.2. The van der Waals surface area contributed by atoms with Gasteiger partial charge in [-0.1, -0.05) is 0 Å². The van der Waals surface area contributed by atoms with Gasteiger partial charge in [-0.3, -0.25) is 0 Å². The molecular weight excluding hydrogens is 168 g/mol. The molecule has 0 saturated carbocycles. The minimum atomic E-state index is -0.00838. The van der Waals surface area contributed by atoms with Gasteiger partial charge in [-0.15, -0.1) is 0 Å². The van der Waals surface area contributed by atoms with E-state index in [-0.39, 0.29) is 24.6 Å². The Kier molecular flexibility index (Phi) is 3.54. The maximum absolute atomic E-state index is 11.5. The van der Waals surface area contributed by atoms with Crippen LogP contribution < -0.4 is 5.32 Å². The zero-order chi connectivity index (χ0) is 9.84. The summed E-state index contributed by atoms with van der Waals surface area (Å²) in [5, 5.41) is 11.7. The number of aliphatic hydroxyl groups is 1. The number of hydrogen-bond donors (Lipinski definition) is 2. The van der Waals surface area contributed by atoms with Crippen LogP contribution in [0.15, 0.2) is 0 Å². The molecule has 1 atom stereocenters. The maximum atomic E-state index is 11.5. The minimum Gasteiger partial charge on any atom is -0.396 e. The van der Waals surface area contributed by atoms with Gasteiger partial charge in [0.15, 0.2) is 0 Å². The van der Waals surface area contributed by atoms with Crippen molar-refractivity contribution < 1.29 is 9.90 Å². The van der Waals surface area contributed by atoms with Crippen LogP contribution in [-0.2, 0) is 0 Å². The summed E-state index contributed by atoms with van der Waals surface area (Å²) in [6, 6.07) is 0.173. The van der Waals surface area contributed by atoms with Crippen LogP contribution in [0.4, 0.5) is 4.79 Å². The van der Waals surface area contributed by atoms with Crippen molar-refractivity contribution in [2.45, 2.75) is 26.3 Å². The molecule has 1 fully saturated rings. The summed E-state index contributed by atoms with van der Waals surface area (Å²) in [6.45, 7) is 5.53. The Labute approximate surface area is 78.9 Å². The molecule has 13 heavy (non-hydrogen) atoms. The van der Waals surface area contributed by atoms with Crippen molar-refractivity contribution in [2.24, 2.45) is 5.92 Å². The number of urea groups is 1. The highest BCUT2D eigenvalue weighted by Crippen LogP contribution is 2.14. The van der Waals surface area contributed by atoms with E-state index >= 15 is 0 Å². The number of carbonyl (C=O) groups excluding carboxylic acids is 1. The average molecular weight is 186 g/mol. The lowest BCUT2D eigenvalue weighted by molar-refractivity contribution is 0.196. The average Bonchev–Trinajstić information content (AvgIpc) is 2.50. The molecule has 1 heterocycles. The number of nitrogens with one attached hydrogen (secondary N) is 1. The number of amides is 2. The first-order valence-corrected chi connectivity index (χ1v) is 4.79. The lowest BCUT2D eigenvalue weighted by Crippen LogP contribution is -2.41. The van der Waals surface area contributed by atoms with Gasteiger partial charge in [0.25, 0.3) is 0 Å². The normalized spacial score (nSPS) is 22.5. The Hall–Kier alpha value is -0.770. The second-order valence-electron chi connectivity index (χ2n) is 3.89. The second kappa shape index (κ2) is 4.46. The molecule has 1 aliphatic heterocycles. The molecule has 0 spiro atoms. The van der Waals surface area contributed by atoms with Crippen molar-refractivity contribution in [1.29, 1.82) is 0 Å². The fourth-order valence-electron chi connectivity index (χ4n) is 1.50. The van der Waals surface area contributed by atoms with Crippen LogP contribution in [0.2, 0.25) is 0 Å². The summed E-state index contributed by atoms with van der Waals surface area (Å²) in [7, 11) is 0. The minimum absolute atomic E-state index is 0.00838. The predicted molar refractivity (Wildman–Crippen MR) is 50.4 cm³/mol.